The third-order valence-electron chi connectivity index (χ3n) is 4.27. The minimum absolute atomic E-state index is 0.0470. The molecule has 0 spiro atoms. The molecule has 16 heavy (non-hydrogen) atoms. The van der Waals surface area contributed by atoms with Crippen molar-refractivity contribution in [3.8, 4) is 0 Å². The molecule has 0 radical (unpaired) electrons. The lowest BCUT2D eigenvalue weighted by Crippen LogP contribution is -2.45. The Kier molecular flexibility index (Phi) is 4.62. The van der Waals surface area contributed by atoms with E-state index < -0.39 is 0 Å². The Morgan fingerprint density at radius 3 is 2.50 bits per heavy atom. The van der Waals surface area contributed by atoms with Crippen LogP contribution in [0.1, 0.15) is 44.9 Å². The van der Waals surface area contributed by atoms with Crippen molar-refractivity contribution >= 4 is 0 Å². The third kappa shape index (κ3) is 3.19. The van der Waals surface area contributed by atoms with E-state index in [2.05, 4.69) is 4.90 Å². The molecule has 1 aliphatic carbocycles. The lowest BCUT2D eigenvalue weighted by atomic mass is 9.88. The molecule has 0 aromatic rings. The Balaban J connectivity index is 1.80. The minimum Gasteiger partial charge on any atom is -0.396 e. The van der Waals surface area contributed by atoms with E-state index in [0.717, 1.165) is 32.1 Å². The summed E-state index contributed by atoms with van der Waals surface area (Å²) in [6.45, 7) is 2.73. The first-order valence-electron chi connectivity index (χ1n) is 6.82. The Bertz CT molecular complexity index is 200. The zero-order valence-corrected chi connectivity index (χ0v) is 10.1. The van der Waals surface area contributed by atoms with Crippen LogP contribution in [-0.2, 0) is 0 Å². The van der Waals surface area contributed by atoms with Crippen LogP contribution in [0.3, 0.4) is 0 Å². The number of aliphatic hydroxyl groups excluding tert-OH is 2. The van der Waals surface area contributed by atoms with Crippen LogP contribution in [0, 0.1) is 5.92 Å². The van der Waals surface area contributed by atoms with Gasteiger partial charge in [0, 0.05) is 19.2 Å². The predicted octanol–water partition coefficient (Wildman–Crippen LogP) is 1.38. The maximum atomic E-state index is 9.51. The second-order valence-corrected chi connectivity index (χ2v) is 5.48. The highest BCUT2D eigenvalue weighted by molar-refractivity contribution is 4.83. The quantitative estimate of drug-likeness (QED) is 0.765. The number of aliphatic hydroxyl groups is 2. The molecule has 1 atom stereocenters. The number of nitrogens with zero attached hydrogens (tertiary/aromatic N) is 1. The second-order valence-electron chi connectivity index (χ2n) is 5.48. The average molecular weight is 227 g/mol. The van der Waals surface area contributed by atoms with Crippen LogP contribution in [0.15, 0.2) is 0 Å². The van der Waals surface area contributed by atoms with Gasteiger partial charge < -0.3 is 15.1 Å². The molecule has 2 N–H and O–H groups in total. The van der Waals surface area contributed by atoms with Crippen LogP contribution in [0.5, 0.6) is 0 Å². The van der Waals surface area contributed by atoms with E-state index in [1.165, 1.54) is 25.9 Å². The first-order valence-corrected chi connectivity index (χ1v) is 6.82. The van der Waals surface area contributed by atoms with Crippen molar-refractivity contribution in [2.24, 2.45) is 5.92 Å². The zero-order valence-electron chi connectivity index (χ0n) is 10.1. The molecular weight excluding hydrogens is 202 g/mol. The van der Waals surface area contributed by atoms with Crippen molar-refractivity contribution in [3.05, 3.63) is 0 Å². The van der Waals surface area contributed by atoms with Gasteiger partial charge in [0.15, 0.2) is 0 Å². The maximum Gasteiger partial charge on any atom is 0.0541 e. The molecule has 2 aliphatic rings. The van der Waals surface area contributed by atoms with Gasteiger partial charge in [-0.25, -0.2) is 0 Å². The average Bonchev–Trinajstić information content (AvgIpc) is 2.31. The molecule has 1 heterocycles. The van der Waals surface area contributed by atoms with E-state index in [1.54, 1.807) is 0 Å². The maximum absolute atomic E-state index is 9.51. The van der Waals surface area contributed by atoms with Gasteiger partial charge in [-0.2, -0.15) is 0 Å². The van der Waals surface area contributed by atoms with Gasteiger partial charge in [-0.3, -0.25) is 0 Å². The van der Waals surface area contributed by atoms with Crippen LogP contribution in [0.4, 0.5) is 0 Å². The number of likely N-dealkylation sites (tertiary alicyclic amines) is 1. The van der Waals surface area contributed by atoms with Crippen LogP contribution in [-0.4, -0.2) is 47.0 Å². The topological polar surface area (TPSA) is 43.7 Å². The molecular formula is C13H25NO2. The van der Waals surface area contributed by atoms with Gasteiger partial charge in [0.25, 0.3) is 0 Å². The predicted molar refractivity (Wildman–Crippen MR) is 64.3 cm³/mol. The van der Waals surface area contributed by atoms with Gasteiger partial charge >= 0.3 is 0 Å². The van der Waals surface area contributed by atoms with E-state index in [9.17, 15) is 5.11 Å². The van der Waals surface area contributed by atoms with Gasteiger partial charge in [-0.1, -0.05) is 0 Å². The van der Waals surface area contributed by atoms with Crippen molar-refractivity contribution in [2.75, 3.05) is 19.7 Å². The summed E-state index contributed by atoms with van der Waals surface area (Å²) in [5, 5.41) is 18.5. The first-order chi connectivity index (χ1) is 7.79. The SMILES string of the molecule is OCCC1CCCN(C2CCC(O)CC2)C1. The van der Waals surface area contributed by atoms with Gasteiger partial charge in [0.05, 0.1) is 6.10 Å². The van der Waals surface area contributed by atoms with E-state index >= 15 is 0 Å². The summed E-state index contributed by atoms with van der Waals surface area (Å²) in [6.07, 6.45) is 7.76. The fourth-order valence-electron chi connectivity index (χ4n) is 3.27. The van der Waals surface area contributed by atoms with Crippen LogP contribution >= 0.6 is 0 Å². The number of rotatable bonds is 3. The summed E-state index contributed by atoms with van der Waals surface area (Å²) in [5.41, 5.74) is 0. The largest absolute Gasteiger partial charge is 0.396 e. The molecule has 1 unspecified atom stereocenters. The lowest BCUT2D eigenvalue weighted by molar-refractivity contribution is 0.0475. The molecule has 0 amide bonds. The molecule has 0 aromatic carbocycles. The summed E-state index contributed by atoms with van der Waals surface area (Å²) in [4.78, 5) is 2.61. The second kappa shape index (κ2) is 5.99. The fraction of sp³-hybridized carbons (Fsp3) is 1.00. The Morgan fingerprint density at radius 2 is 1.81 bits per heavy atom. The van der Waals surface area contributed by atoms with Crippen molar-refractivity contribution in [3.63, 3.8) is 0 Å². The summed E-state index contributed by atoms with van der Waals surface area (Å²) < 4.78 is 0. The molecule has 1 saturated carbocycles. The third-order valence-corrected chi connectivity index (χ3v) is 4.27. The highest BCUT2D eigenvalue weighted by Crippen LogP contribution is 2.28. The van der Waals surface area contributed by atoms with Crippen molar-refractivity contribution in [1.29, 1.82) is 0 Å². The summed E-state index contributed by atoms with van der Waals surface area (Å²) in [7, 11) is 0. The monoisotopic (exact) mass is 227 g/mol. The van der Waals surface area contributed by atoms with Crippen LogP contribution in [0.2, 0.25) is 0 Å². The zero-order chi connectivity index (χ0) is 11.4. The molecule has 0 aromatic heterocycles. The minimum atomic E-state index is -0.0470. The van der Waals surface area contributed by atoms with Crippen LogP contribution < -0.4 is 0 Å². The standard InChI is InChI=1S/C13H25NO2/c15-9-7-11-2-1-8-14(10-11)12-3-5-13(16)6-4-12/h11-13,15-16H,1-10H2. The first kappa shape index (κ1) is 12.3. The van der Waals surface area contributed by atoms with Crippen molar-refractivity contribution < 1.29 is 10.2 Å². The highest BCUT2D eigenvalue weighted by Gasteiger charge is 2.28. The fourth-order valence-corrected chi connectivity index (χ4v) is 3.27. The molecule has 3 heteroatoms. The lowest BCUT2D eigenvalue weighted by Gasteiger charge is -2.40. The van der Waals surface area contributed by atoms with E-state index in [-0.39, 0.29) is 6.10 Å². The van der Waals surface area contributed by atoms with Gasteiger partial charge in [-0.05, 0) is 57.4 Å². The number of hydrogen-bond donors (Lipinski definition) is 2. The van der Waals surface area contributed by atoms with Crippen molar-refractivity contribution in [2.45, 2.75) is 57.1 Å². The number of piperidine rings is 1. The summed E-state index contributed by atoms with van der Waals surface area (Å²) in [6, 6.07) is 0.699. The van der Waals surface area contributed by atoms with E-state index in [1.807, 2.05) is 0 Å². The van der Waals surface area contributed by atoms with E-state index in [4.69, 9.17) is 5.11 Å². The summed E-state index contributed by atoms with van der Waals surface area (Å²) in [5.74, 6) is 0.700. The molecule has 94 valence electrons. The molecule has 2 rings (SSSR count). The number of hydrogen-bond acceptors (Lipinski definition) is 3. The Hall–Kier alpha value is -0.120. The molecule has 1 aliphatic heterocycles. The molecule has 0 bridgehead atoms. The molecule has 1 saturated heterocycles. The summed E-state index contributed by atoms with van der Waals surface area (Å²) >= 11 is 0. The smallest absolute Gasteiger partial charge is 0.0541 e. The Morgan fingerprint density at radius 1 is 1.06 bits per heavy atom. The normalized spacial score (nSPS) is 37.5. The molecule has 2 fully saturated rings. The van der Waals surface area contributed by atoms with Gasteiger partial charge in [0.2, 0.25) is 0 Å². The van der Waals surface area contributed by atoms with Crippen LogP contribution in [0.25, 0.3) is 0 Å². The molecule has 3 nitrogen and oxygen atoms in total. The van der Waals surface area contributed by atoms with Gasteiger partial charge in [-0.15, -0.1) is 0 Å². The van der Waals surface area contributed by atoms with Gasteiger partial charge in [0.1, 0.15) is 0 Å². The van der Waals surface area contributed by atoms with E-state index in [0.29, 0.717) is 18.6 Å². The van der Waals surface area contributed by atoms with Crippen molar-refractivity contribution in [1.82, 2.24) is 4.90 Å². The Labute approximate surface area is 98.5 Å². The highest BCUT2D eigenvalue weighted by atomic mass is 16.3.